The van der Waals surface area contributed by atoms with Crippen molar-refractivity contribution in [2.24, 2.45) is 0 Å². The predicted molar refractivity (Wildman–Crippen MR) is 57.2 cm³/mol. The third-order valence-electron chi connectivity index (χ3n) is 2.63. The van der Waals surface area contributed by atoms with E-state index in [0.717, 1.165) is 0 Å². The summed E-state index contributed by atoms with van der Waals surface area (Å²) < 4.78 is 0. The van der Waals surface area contributed by atoms with Crippen LogP contribution in [0.4, 0.5) is 0 Å². The first-order chi connectivity index (χ1) is 7.66. The lowest BCUT2D eigenvalue weighted by Crippen LogP contribution is -2.38. The summed E-state index contributed by atoms with van der Waals surface area (Å²) in [4.78, 5) is 38.1. The minimum absolute atomic E-state index is 0.182. The van der Waals surface area contributed by atoms with E-state index in [9.17, 15) is 14.4 Å². The molecule has 1 fully saturated rings. The zero-order chi connectivity index (χ0) is 11.5. The van der Waals surface area contributed by atoms with E-state index in [2.05, 4.69) is 4.98 Å². The van der Waals surface area contributed by atoms with Crippen LogP contribution in [-0.2, 0) is 4.79 Å². The number of aromatic amines is 1. The maximum Gasteiger partial charge on any atom is 0.254 e. The summed E-state index contributed by atoms with van der Waals surface area (Å²) in [5.41, 5.74) is 0.0806. The number of hydrogen-bond donors (Lipinski definition) is 1. The Bertz CT molecular complexity index is 468. The van der Waals surface area contributed by atoms with E-state index in [0.29, 0.717) is 31.5 Å². The van der Waals surface area contributed by atoms with E-state index in [1.165, 1.54) is 12.3 Å². The first-order valence-corrected chi connectivity index (χ1v) is 5.16. The summed E-state index contributed by atoms with van der Waals surface area (Å²) in [7, 11) is 0. The van der Waals surface area contributed by atoms with Crippen molar-refractivity contribution < 1.29 is 9.59 Å². The minimum atomic E-state index is -0.293. The fraction of sp³-hybridized carbons (Fsp3) is 0.364. The highest BCUT2D eigenvalue weighted by Gasteiger charge is 2.21. The van der Waals surface area contributed by atoms with E-state index in [4.69, 9.17) is 0 Å². The van der Waals surface area contributed by atoms with Gasteiger partial charge in [0, 0.05) is 43.8 Å². The molecule has 16 heavy (non-hydrogen) atoms. The Labute approximate surface area is 92.1 Å². The van der Waals surface area contributed by atoms with Gasteiger partial charge in [-0.3, -0.25) is 14.4 Å². The van der Waals surface area contributed by atoms with Crippen molar-refractivity contribution in [3.63, 3.8) is 0 Å². The molecule has 0 unspecified atom stereocenters. The van der Waals surface area contributed by atoms with Gasteiger partial charge in [0.05, 0.1) is 0 Å². The number of nitrogens with one attached hydrogen (secondary N) is 1. The average molecular weight is 220 g/mol. The van der Waals surface area contributed by atoms with Crippen molar-refractivity contribution >= 4 is 11.7 Å². The lowest BCUT2D eigenvalue weighted by molar-refractivity contribution is -0.120. The van der Waals surface area contributed by atoms with Crippen LogP contribution in [0.15, 0.2) is 23.1 Å². The number of amides is 1. The maximum atomic E-state index is 11.9. The number of Topliss-reactive ketones (excluding diaryl/α,β-unsaturated/α-hetero) is 1. The van der Waals surface area contributed by atoms with Crippen LogP contribution in [0.3, 0.4) is 0 Å². The molecule has 0 aliphatic carbocycles. The number of carbonyl (C=O) groups is 2. The lowest BCUT2D eigenvalue weighted by atomic mass is 10.1. The van der Waals surface area contributed by atoms with E-state index in [1.54, 1.807) is 11.0 Å². The van der Waals surface area contributed by atoms with Crippen LogP contribution in [0.25, 0.3) is 0 Å². The second-order valence-corrected chi connectivity index (χ2v) is 3.77. The van der Waals surface area contributed by atoms with Gasteiger partial charge in [0.15, 0.2) is 0 Å². The number of H-pyrrole nitrogens is 1. The molecule has 0 bridgehead atoms. The first kappa shape index (κ1) is 10.6. The molecule has 0 spiro atoms. The van der Waals surface area contributed by atoms with Gasteiger partial charge in [0.25, 0.3) is 5.91 Å². The van der Waals surface area contributed by atoms with Gasteiger partial charge in [-0.05, 0) is 6.07 Å². The third-order valence-corrected chi connectivity index (χ3v) is 2.63. The van der Waals surface area contributed by atoms with Crippen molar-refractivity contribution in [1.82, 2.24) is 9.88 Å². The molecule has 0 radical (unpaired) electrons. The quantitative estimate of drug-likeness (QED) is 0.734. The largest absolute Gasteiger partial charge is 0.338 e. The maximum absolute atomic E-state index is 11.9. The van der Waals surface area contributed by atoms with Gasteiger partial charge in [-0.2, -0.15) is 0 Å². The van der Waals surface area contributed by atoms with Gasteiger partial charge in [0.2, 0.25) is 5.56 Å². The van der Waals surface area contributed by atoms with Crippen molar-refractivity contribution in [2.75, 3.05) is 13.1 Å². The molecule has 0 atom stereocenters. The highest BCUT2D eigenvalue weighted by atomic mass is 16.2. The highest BCUT2D eigenvalue weighted by Crippen LogP contribution is 2.09. The molecule has 1 aromatic rings. The molecule has 2 heterocycles. The molecule has 2 rings (SSSR count). The number of ketones is 1. The van der Waals surface area contributed by atoms with E-state index in [-0.39, 0.29) is 17.2 Å². The Kier molecular flexibility index (Phi) is 2.85. The minimum Gasteiger partial charge on any atom is -0.338 e. The van der Waals surface area contributed by atoms with E-state index < -0.39 is 0 Å². The summed E-state index contributed by atoms with van der Waals surface area (Å²) in [5.74, 6) is 0.00792. The molecule has 5 heteroatoms. The van der Waals surface area contributed by atoms with Crippen LogP contribution in [-0.4, -0.2) is 34.7 Å². The summed E-state index contributed by atoms with van der Waals surface area (Å²) >= 11 is 0. The van der Waals surface area contributed by atoms with Crippen LogP contribution in [0.5, 0.6) is 0 Å². The zero-order valence-electron chi connectivity index (χ0n) is 8.73. The summed E-state index contributed by atoms with van der Waals surface area (Å²) in [6, 6.07) is 2.85. The molecule has 0 aromatic carbocycles. The molecule has 1 aliphatic heterocycles. The zero-order valence-corrected chi connectivity index (χ0v) is 8.73. The first-order valence-electron chi connectivity index (χ1n) is 5.16. The number of likely N-dealkylation sites (tertiary alicyclic amines) is 1. The van der Waals surface area contributed by atoms with Gasteiger partial charge in [-0.15, -0.1) is 0 Å². The van der Waals surface area contributed by atoms with Crippen LogP contribution < -0.4 is 5.56 Å². The molecular weight excluding hydrogens is 208 g/mol. The van der Waals surface area contributed by atoms with E-state index in [1.807, 2.05) is 0 Å². The third kappa shape index (κ3) is 2.18. The van der Waals surface area contributed by atoms with Crippen molar-refractivity contribution in [3.05, 3.63) is 34.2 Å². The van der Waals surface area contributed by atoms with Crippen molar-refractivity contribution in [1.29, 1.82) is 0 Å². The van der Waals surface area contributed by atoms with Crippen LogP contribution in [0, 0.1) is 0 Å². The molecule has 84 valence electrons. The average Bonchev–Trinajstić information content (AvgIpc) is 2.29. The molecular formula is C11H12N2O3. The van der Waals surface area contributed by atoms with Crippen molar-refractivity contribution in [2.45, 2.75) is 12.8 Å². The Balaban J connectivity index is 2.13. The number of rotatable bonds is 1. The second kappa shape index (κ2) is 4.30. The topological polar surface area (TPSA) is 70.2 Å². The molecule has 1 aromatic heterocycles. The van der Waals surface area contributed by atoms with Crippen LogP contribution in [0.1, 0.15) is 23.2 Å². The van der Waals surface area contributed by atoms with Gasteiger partial charge in [-0.1, -0.05) is 0 Å². The fourth-order valence-corrected chi connectivity index (χ4v) is 1.72. The monoisotopic (exact) mass is 220 g/mol. The molecule has 1 aliphatic rings. The molecule has 5 nitrogen and oxygen atoms in total. The Morgan fingerprint density at radius 2 is 1.94 bits per heavy atom. The van der Waals surface area contributed by atoms with Crippen molar-refractivity contribution in [3.8, 4) is 0 Å². The molecule has 1 amide bonds. The van der Waals surface area contributed by atoms with Crippen LogP contribution >= 0.6 is 0 Å². The Morgan fingerprint density at radius 1 is 1.25 bits per heavy atom. The predicted octanol–water partition coefficient (Wildman–Crippen LogP) is 0.180. The number of pyridine rings is 1. The smallest absolute Gasteiger partial charge is 0.254 e. The number of nitrogens with zero attached hydrogens (tertiary/aromatic N) is 1. The van der Waals surface area contributed by atoms with Gasteiger partial charge in [0.1, 0.15) is 5.78 Å². The summed E-state index contributed by atoms with van der Waals surface area (Å²) in [6.07, 6.45) is 2.27. The SMILES string of the molecule is O=C1CCN(C(=O)c2cc[nH]c(=O)c2)CC1. The Morgan fingerprint density at radius 3 is 2.56 bits per heavy atom. The highest BCUT2D eigenvalue weighted by molar-refractivity contribution is 5.95. The fourth-order valence-electron chi connectivity index (χ4n) is 1.72. The van der Waals surface area contributed by atoms with Gasteiger partial charge in [-0.25, -0.2) is 0 Å². The number of aromatic nitrogens is 1. The molecule has 0 saturated carbocycles. The molecule has 1 N–H and O–H groups in total. The summed E-state index contributed by atoms with van der Waals surface area (Å²) in [5, 5.41) is 0. The Hall–Kier alpha value is -1.91. The number of hydrogen-bond acceptors (Lipinski definition) is 3. The standard InChI is InChI=1S/C11H12N2O3/c14-9-2-5-13(6-3-9)11(16)8-1-4-12-10(15)7-8/h1,4,7H,2-3,5-6H2,(H,12,15). The summed E-state index contributed by atoms with van der Waals surface area (Å²) in [6.45, 7) is 0.898. The lowest BCUT2D eigenvalue weighted by Gasteiger charge is -2.25. The van der Waals surface area contributed by atoms with Crippen LogP contribution in [0.2, 0.25) is 0 Å². The number of piperidine rings is 1. The normalized spacial score (nSPS) is 16.2. The van der Waals surface area contributed by atoms with Gasteiger partial charge >= 0.3 is 0 Å². The number of carbonyl (C=O) groups excluding carboxylic acids is 2. The van der Waals surface area contributed by atoms with Gasteiger partial charge < -0.3 is 9.88 Å². The van der Waals surface area contributed by atoms with E-state index >= 15 is 0 Å². The molecule has 1 saturated heterocycles. The second-order valence-electron chi connectivity index (χ2n) is 3.77.